The minimum Gasteiger partial charge on any atom is -0.495 e. The first-order chi connectivity index (χ1) is 10.3. The molecule has 1 aromatic rings. The fourth-order valence-corrected chi connectivity index (χ4v) is 2.66. The molecule has 1 unspecified atom stereocenters. The lowest BCUT2D eigenvalue weighted by atomic mass is 10.2. The third-order valence-corrected chi connectivity index (χ3v) is 3.66. The second kappa shape index (κ2) is 6.65. The molecule has 0 aromatic heterocycles. The van der Waals surface area contributed by atoms with Gasteiger partial charge < -0.3 is 14.8 Å². The number of rotatable bonds is 3. The van der Waals surface area contributed by atoms with E-state index >= 15 is 0 Å². The molecule has 0 radical (unpaired) electrons. The molecule has 22 heavy (non-hydrogen) atoms. The Labute approximate surface area is 136 Å². The normalized spacial score (nSPS) is 18.2. The second-order valence-electron chi connectivity index (χ2n) is 6.33. The molecule has 1 atom stereocenters. The van der Waals surface area contributed by atoms with Crippen LogP contribution in [0.15, 0.2) is 18.2 Å². The number of likely N-dealkylation sites (tertiary alicyclic amines) is 1. The zero-order valence-electron chi connectivity index (χ0n) is 13.5. The molecule has 1 N–H and O–H groups in total. The largest absolute Gasteiger partial charge is 0.495 e. The minimum atomic E-state index is -0.492. The molecular weight excluding hydrogens is 304 g/mol. The topological polar surface area (TPSA) is 50.8 Å². The van der Waals surface area contributed by atoms with Gasteiger partial charge in [0.1, 0.15) is 17.5 Å². The zero-order valence-corrected chi connectivity index (χ0v) is 14.2. The van der Waals surface area contributed by atoms with Gasteiger partial charge in [-0.25, -0.2) is 4.79 Å². The Balaban J connectivity index is 2.05. The smallest absolute Gasteiger partial charge is 0.411 e. The molecule has 1 amide bonds. The highest BCUT2D eigenvalue weighted by Crippen LogP contribution is 2.29. The number of halogens is 1. The van der Waals surface area contributed by atoms with Crippen LogP contribution in [-0.2, 0) is 4.74 Å². The van der Waals surface area contributed by atoms with Gasteiger partial charge in [-0.1, -0.05) is 11.6 Å². The fourth-order valence-electron chi connectivity index (χ4n) is 2.40. The lowest BCUT2D eigenvalue weighted by Gasteiger charge is -2.29. The summed E-state index contributed by atoms with van der Waals surface area (Å²) in [5.41, 5.74) is 0.361. The Morgan fingerprint density at radius 1 is 1.41 bits per heavy atom. The molecule has 0 aliphatic carbocycles. The van der Waals surface area contributed by atoms with Crippen LogP contribution in [-0.4, -0.2) is 36.4 Å². The molecule has 1 aromatic carbocycles. The van der Waals surface area contributed by atoms with Gasteiger partial charge in [0.05, 0.1) is 12.1 Å². The third kappa shape index (κ3) is 4.19. The Morgan fingerprint density at radius 3 is 2.73 bits per heavy atom. The van der Waals surface area contributed by atoms with Gasteiger partial charge in [-0.05, 0) is 51.8 Å². The summed E-state index contributed by atoms with van der Waals surface area (Å²) in [4.78, 5) is 14.0. The van der Waals surface area contributed by atoms with Crippen LogP contribution >= 0.6 is 11.6 Å². The number of benzene rings is 1. The van der Waals surface area contributed by atoms with Gasteiger partial charge in [-0.15, -0.1) is 0 Å². The van der Waals surface area contributed by atoms with Crippen molar-refractivity contribution in [1.82, 2.24) is 4.90 Å². The highest BCUT2D eigenvalue weighted by molar-refractivity contribution is 6.32. The maximum atomic E-state index is 12.2. The first-order valence-corrected chi connectivity index (χ1v) is 7.77. The summed E-state index contributed by atoms with van der Waals surface area (Å²) >= 11 is 6.13. The Bertz CT molecular complexity index is 543. The van der Waals surface area contributed by atoms with Gasteiger partial charge in [-0.3, -0.25) is 4.90 Å². The lowest BCUT2D eigenvalue weighted by molar-refractivity contribution is 0.0244. The van der Waals surface area contributed by atoms with Crippen LogP contribution in [0.1, 0.15) is 33.6 Å². The third-order valence-electron chi connectivity index (χ3n) is 3.37. The predicted molar refractivity (Wildman–Crippen MR) is 87.6 cm³/mol. The van der Waals surface area contributed by atoms with Gasteiger partial charge in [0.25, 0.3) is 0 Å². The van der Waals surface area contributed by atoms with E-state index in [-0.39, 0.29) is 12.3 Å². The number of nitrogens with zero attached hydrogens (tertiary/aromatic N) is 1. The molecule has 0 bridgehead atoms. The molecule has 6 heteroatoms. The standard InChI is InChI=1S/C16H23ClN2O3/c1-16(2,3)22-15(20)19-9-5-6-14(19)18-11-7-8-13(21-4)12(17)10-11/h7-8,10,14,18H,5-6,9H2,1-4H3. The van der Waals surface area contributed by atoms with Gasteiger partial charge in [0.2, 0.25) is 0 Å². The Morgan fingerprint density at radius 2 is 2.14 bits per heavy atom. The molecule has 0 saturated carbocycles. The highest BCUT2D eigenvalue weighted by Gasteiger charge is 2.32. The molecule has 5 nitrogen and oxygen atoms in total. The van der Waals surface area contributed by atoms with Crippen LogP contribution in [0.2, 0.25) is 5.02 Å². The molecule has 122 valence electrons. The van der Waals surface area contributed by atoms with E-state index in [9.17, 15) is 4.79 Å². The van der Waals surface area contributed by atoms with Crippen molar-refractivity contribution in [3.63, 3.8) is 0 Å². The molecule has 1 heterocycles. The lowest BCUT2D eigenvalue weighted by Crippen LogP contribution is -2.43. The van der Waals surface area contributed by atoms with Crippen LogP contribution in [0.25, 0.3) is 0 Å². The predicted octanol–water partition coefficient (Wildman–Crippen LogP) is 4.12. The van der Waals surface area contributed by atoms with Crippen molar-refractivity contribution < 1.29 is 14.3 Å². The molecule has 1 saturated heterocycles. The molecular formula is C16H23ClN2O3. The number of anilines is 1. The van der Waals surface area contributed by atoms with Crippen molar-refractivity contribution in [3.8, 4) is 5.75 Å². The summed E-state index contributed by atoms with van der Waals surface area (Å²) in [6.45, 7) is 6.29. The Hall–Kier alpha value is -1.62. The fraction of sp³-hybridized carbons (Fsp3) is 0.562. The number of nitrogens with one attached hydrogen (secondary N) is 1. The maximum absolute atomic E-state index is 12.2. The van der Waals surface area contributed by atoms with Crippen molar-refractivity contribution in [2.75, 3.05) is 19.0 Å². The zero-order chi connectivity index (χ0) is 16.3. The van der Waals surface area contributed by atoms with Gasteiger partial charge >= 0.3 is 6.09 Å². The number of hydrogen-bond acceptors (Lipinski definition) is 4. The van der Waals surface area contributed by atoms with E-state index in [0.29, 0.717) is 17.3 Å². The van der Waals surface area contributed by atoms with Crippen LogP contribution in [0.5, 0.6) is 5.75 Å². The van der Waals surface area contributed by atoms with Crippen molar-refractivity contribution in [3.05, 3.63) is 23.2 Å². The number of methoxy groups -OCH3 is 1. The van der Waals surface area contributed by atoms with E-state index in [1.165, 1.54) is 0 Å². The van der Waals surface area contributed by atoms with Gasteiger partial charge in [-0.2, -0.15) is 0 Å². The molecule has 1 aliphatic heterocycles. The number of ether oxygens (including phenoxy) is 2. The quantitative estimate of drug-likeness (QED) is 0.907. The van der Waals surface area contributed by atoms with Crippen LogP contribution in [0, 0.1) is 0 Å². The molecule has 1 fully saturated rings. The van der Waals surface area contributed by atoms with Crippen LogP contribution < -0.4 is 10.1 Å². The SMILES string of the molecule is COc1ccc(NC2CCCN2C(=O)OC(C)(C)C)cc1Cl. The summed E-state index contributed by atoms with van der Waals surface area (Å²) in [5.74, 6) is 0.627. The molecule has 1 aliphatic rings. The number of hydrogen-bond donors (Lipinski definition) is 1. The van der Waals surface area contributed by atoms with Gasteiger partial charge in [0, 0.05) is 12.2 Å². The molecule has 2 rings (SSSR count). The van der Waals surface area contributed by atoms with E-state index in [1.807, 2.05) is 26.8 Å². The average molecular weight is 327 g/mol. The summed E-state index contributed by atoms with van der Waals surface area (Å²) in [5, 5.41) is 3.87. The van der Waals surface area contributed by atoms with E-state index in [1.54, 1.807) is 24.1 Å². The summed E-state index contributed by atoms with van der Waals surface area (Å²) in [7, 11) is 1.58. The number of carbonyl (C=O) groups excluding carboxylic acids is 1. The van der Waals surface area contributed by atoms with Gasteiger partial charge in [0.15, 0.2) is 0 Å². The maximum Gasteiger partial charge on any atom is 0.411 e. The highest BCUT2D eigenvalue weighted by atomic mass is 35.5. The van der Waals surface area contributed by atoms with Crippen LogP contribution in [0.4, 0.5) is 10.5 Å². The number of carbonyl (C=O) groups is 1. The minimum absolute atomic E-state index is 0.0840. The van der Waals surface area contributed by atoms with Crippen molar-refractivity contribution in [2.45, 2.75) is 45.4 Å². The summed E-state index contributed by atoms with van der Waals surface area (Å²) in [6, 6.07) is 5.49. The van der Waals surface area contributed by atoms with Crippen LogP contribution in [0.3, 0.4) is 0 Å². The van der Waals surface area contributed by atoms with E-state index < -0.39 is 5.60 Å². The average Bonchev–Trinajstić information content (AvgIpc) is 2.85. The first-order valence-electron chi connectivity index (χ1n) is 7.40. The van der Waals surface area contributed by atoms with Crippen molar-refractivity contribution >= 4 is 23.4 Å². The van der Waals surface area contributed by atoms with E-state index in [2.05, 4.69) is 5.32 Å². The molecule has 0 spiro atoms. The number of amides is 1. The van der Waals surface area contributed by atoms with E-state index in [4.69, 9.17) is 21.1 Å². The Kier molecular flexibility index (Phi) is 5.06. The first kappa shape index (κ1) is 16.7. The summed E-state index contributed by atoms with van der Waals surface area (Å²) in [6.07, 6.45) is 1.45. The van der Waals surface area contributed by atoms with Crippen molar-refractivity contribution in [2.24, 2.45) is 0 Å². The second-order valence-corrected chi connectivity index (χ2v) is 6.73. The summed E-state index contributed by atoms with van der Waals surface area (Å²) < 4.78 is 10.6. The monoisotopic (exact) mass is 326 g/mol. The van der Waals surface area contributed by atoms with E-state index in [0.717, 1.165) is 18.5 Å². The van der Waals surface area contributed by atoms with Crippen molar-refractivity contribution in [1.29, 1.82) is 0 Å².